The van der Waals surface area contributed by atoms with Crippen molar-refractivity contribution in [2.24, 2.45) is 5.73 Å². The fourth-order valence-corrected chi connectivity index (χ4v) is 1.44. The van der Waals surface area contributed by atoms with Crippen LogP contribution in [-0.4, -0.2) is 22.2 Å². The minimum absolute atomic E-state index is 0.180. The van der Waals surface area contributed by atoms with Gasteiger partial charge in [-0.05, 0) is 19.1 Å². The fraction of sp³-hybridized carbons (Fsp3) is 0.400. The van der Waals surface area contributed by atoms with Crippen molar-refractivity contribution in [2.75, 3.05) is 5.32 Å². The van der Waals surface area contributed by atoms with Gasteiger partial charge in [-0.2, -0.15) is 13.2 Å². The number of aromatic nitrogens is 1. The van der Waals surface area contributed by atoms with Crippen molar-refractivity contribution in [1.82, 2.24) is 4.98 Å². The summed E-state index contributed by atoms with van der Waals surface area (Å²) in [5.74, 6) is 0.326. The van der Waals surface area contributed by atoms with Crippen molar-refractivity contribution in [3.8, 4) is 0 Å². The Morgan fingerprint density at radius 3 is 2.76 bits per heavy atom. The van der Waals surface area contributed by atoms with Crippen LogP contribution in [0.25, 0.3) is 0 Å². The van der Waals surface area contributed by atoms with E-state index < -0.39 is 18.6 Å². The molecule has 0 saturated carbocycles. The first-order valence-electron chi connectivity index (χ1n) is 4.87. The molecule has 0 spiro atoms. The second kappa shape index (κ2) is 5.31. The second-order valence-electron chi connectivity index (χ2n) is 3.66. The lowest BCUT2D eigenvalue weighted by Crippen LogP contribution is -2.24. The molecular formula is C10H12F3N3S. The lowest BCUT2D eigenvalue weighted by atomic mass is 10.2. The third kappa shape index (κ3) is 4.99. The van der Waals surface area contributed by atoms with Crippen LogP contribution in [0, 0.1) is 0 Å². The third-order valence-electron chi connectivity index (χ3n) is 1.98. The molecular weight excluding hydrogens is 251 g/mol. The van der Waals surface area contributed by atoms with Gasteiger partial charge in [-0.3, -0.25) is 0 Å². The van der Waals surface area contributed by atoms with Crippen molar-refractivity contribution in [3.63, 3.8) is 0 Å². The van der Waals surface area contributed by atoms with E-state index in [-0.39, 0.29) is 4.99 Å². The summed E-state index contributed by atoms with van der Waals surface area (Å²) >= 11 is 4.77. The molecule has 0 aliphatic carbocycles. The number of hydrogen-bond donors (Lipinski definition) is 2. The van der Waals surface area contributed by atoms with Gasteiger partial charge in [0.1, 0.15) is 10.8 Å². The molecule has 7 heteroatoms. The fourth-order valence-electron chi connectivity index (χ4n) is 1.31. The van der Waals surface area contributed by atoms with E-state index in [4.69, 9.17) is 18.0 Å². The monoisotopic (exact) mass is 263 g/mol. The zero-order valence-electron chi connectivity index (χ0n) is 9.08. The van der Waals surface area contributed by atoms with Crippen LogP contribution in [-0.2, 0) is 0 Å². The van der Waals surface area contributed by atoms with E-state index in [2.05, 4.69) is 10.3 Å². The first-order valence-corrected chi connectivity index (χ1v) is 5.28. The molecule has 0 aliphatic rings. The number of pyridine rings is 1. The van der Waals surface area contributed by atoms with E-state index in [1.807, 2.05) is 0 Å². The molecule has 0 amide bonds. The van der Waals surface area contributed by atoms with Gasteiger partial charge >= 0.3 is 6.18 Å². The van der Waals surface area contributed by atoms with Crippen LogP contribution in [0.2, 0.25) is 0 Å². The summed E-state index contributed by atoms with van der Waals surface area (Å²) in [6.07, 6.45) is -3.68. The maximum absolute atomic E-state index is 12.1. The second-order valence-corrected chi connectivity index (χ2v) is 4.10. The zero-order chi connectivity index (χ0) is 13.1. The van der Waals surface area contributed by atoms with Crippen LogP contribution in [0.1, 0.15) is 18.9 Å². The molecule has 0 fully saturated rings. The van der Waals surface area contributed by atoms with Gasteiger partial charge in [-0.15, -0.1) is 0 Å². The van der Waals surface area contributed by atoms with Crippen molar-refractivity contribution in [1.29, 1.82) is 0 Å². The molecule has 94 valence electrons. The van der Waals surface area contributed by atoms with Gasteiger partial charge in [0.2, 0.25) is 0 Å². The van der Waals surface area contributed by atoms with Crippen LogP contribution in [0.5, 0.6) is 0 Å². The summed E-state index contributed by atoms with van der Waals surface area (Å²) in [5, 5.41) is 2.65. The van der Waals surface area contributed by atoms with Crippen molar-refractivity contribution in [3.05, 3.63) is 23.9 Å². The Kier molecular flexibility index (Phi) is 4.28. The van der Waals surface area contributed by atoms with Gasteiger partial charge in [0.05, 0.1) is 6.42 Å². The van der Waals surface area contributed by atoms with Gasteiger partial charge in [0, 0.05) is 17.8 Å². The molecule has 0 radical (unpaired) electrons. The minimum Gasteiger partial charge on any atom is -0.389 e. The largest absolute Gasteiger partial charge is 0.391 e. The summed E-state index contributed by atoms with van der Waals surface area (Å²) in [5.41, 5.74) is 5.98. The number of nitrogens with one attached hydrogen (secondary N) is 1. The van der Waals surface area contributed by atoms with Crippen LogP contribution in [0.4, 0.5) is 19.0 Å². The summed E-state index contributed by atoms with van der Waals surface area (Å²) in [4.78, 5) is 4.08. The molecule has 3 N–H and O–H groups in total. The predicted octanol–water partition coefficient (Wildman–Crippen LogP) is 2.47. The Morgan fingerprint density at radius 1 is 1.59 bits per heavy atom. The molecule has 0 bridgehead atoms. The van der Waals surface area contributed by atoms with Gasteiger partial charge in [0.15, 0.2) is 0 Å². The number of alkyl halides is 3. The topological polar surface area (TPSA) is 50.9 Å². The SMILES string of the molecule is CC(CC(F)(F)F)Nc1cc(C(N)=S)ccn1. The predicted molar refractivity (Wildman–Crippen MR) is 63.9 cm³/mol. The molecule has 1 atom stereocenters. The lowest BCUT2D eigenvalue weighted by Gasteiger charge is -2.16. The number of anilines is 1. The Balaban J connectivity index is 2.68. The molecule has 0 saturated heterocycles. The van der Waals surface area contributed by atoms with E-state index in [0.717, 1.165) is 0 Å². The molecule has 3 nitrogen and oxygen atoms in total. The van der Waals surface area contributed by atoms with E-state index in [9.17, 15) is 13.2 Å². The smallest absolute Gasteiger partial charge is 0.389 e. The quantitative estimate of drug-likeness (QED) is 0.819. The van der Waals surface area contributed by atoms with Crippen molar-refractivity contribution < 1.29 is 13.2 Å². The van der Waals surface area contributed by atoms with E-state index >= 15 is 0 Å². The van der Waals surface area contributed by atoms with Crippen LogP contribution in [0.3, 0.4) is 0 Å². The number of rotatable bonds is 4. The van der Waals surface area contributed by atoms with Crippen LogP contribution < -0.4 is 11.1 Å². The molecule has 0 aliphatic heterocycles. The summed E-state index contributed by atoms with van der Waals surface area (Å²) in [6.45, 7) is 1.43. The molecule has 17 heavy (non-hydrogen) atoms. The molecule has 1 rings (SSSR count). The number of halogens is 3. The summed E-state index contributed by atoms with van der Waals surface area (Å²) in [6, 6.07) is 2.36. The Labute approximate surface area is 102 Å². The van der Waals surface area contributed by atoms with Gasteiger partial charge < -0.3 is 11.1 Å². The normalized spacial score (nSPS) is 13.2. The highest BCUT2D eigenvalue weighted by atomic mass is 32.1. The molecule has 1 heterocycles. The maximum atomic E-state index is 12.1. The number of nitrogens with two attached hydrogens (primary N) is 1. The molecule has 1 aromatic rings. The van der Waals surface area contributed by atoms with E-state index in [1.54, 1.807) is 6.07 Å². The van der Waals surface area contributed by atoms with Gasteiger partial charge in [-0.1, -0.05) is 12.2 Å². The van der Waals surface area contributed by atoms with Crippen molar-refractivity contribution >= 4 is 23.0 Å². The van der Waals surface area contributed by atoms with Crippen LogP contribution in [0.15, 0.2) is 18.3 Å². The van der Waals surface area contributed by atoms with E-state index in [1.165, 1.54) is 19.2 Å². The van der Waals surface area contributed by atoms with Gasteiger partial charge in [0.25, 0.3) is 0 Å². The molecule has 1 aromatic heterocycles. The lowest BCUT2D eigenvalue weighted by molar-refractivity contribution is -0.136. The average molecular weight is 263 g/mol. The Bertz CT molecular complexity index is 406. The first-order chi connectivity index (χ1) is 7.78. The summed E-state index contributed by atoms with van der Waals surface area (Å²) in [7, 11) is 0. The zero-order valence-corrected chi connectivity index (χ0v) is 9.90. The first kappa shape index (κ1) is 13.7. The number of thiocarbonyl (C=S) groups is 1. The highest BCUT2D eigenvalue weighted by Gasteiger charge is 2.30. The molecule has 1 unspecified atom stereocenters. The van der Waals surface area contributed by atoms with E-state index in [0.29, 0.717) is 11.4 Å². The number of hydrogen-bond acceptors (Lipinski definition) is 3. The van der Waals surface area contributed by atoms with Crippen LogP contribution >= 0.6 is 12.2 Å². The highest BCUT2D eigenvalue weighted by Crippen LogP contribution is 2.22. The Hall–Kier alpha value is -1.37. The maximum Gasteiger partial charge on any atom is 0.391 e. The minimum atomic E-state index is -4.20. The van der Waals surface area contributed by atoms with Crippen molar-refractivity contribution in [2.45, 2.75) is 25.6 Å². The molecule has 0 aromatic carbocycles. The number of nitrogens with zero attached hydrogens (tertiary/aromatic N) is 1. The standard InChI is InChI=1S/C10H12F3N3S/c1-6(5-10(11,12)13)16-8-4-7(9(14)17)2-3-15-8/h2-4,6H,5H2,1H3,(H2,14,17)(H,15,16). The Morgan fingerprint density at radius 2 is 2.24 bits per heavy atom. The average Bonchev–Trinajstić information content (AvgIpc) is 2.14. The van der Waals surface area contributed by atoms with Gasteiger partial charge in [-0.25, -0.2) is 4.98 Å². The summed E-state index contributed by atoms with van der Waals surface area (Å²) < 4.78 is 36.3. The third-order valence-corrected chi connectivity index (χ3v) is 2.21. The highest BCUT2D eigenvalue weighted by molar-refractivity contribution is 7.80.